The van der Waals surface area contributed by atoms with Crippen molar-refractivity contribution in [1.29, 1.82) is 0 Å². The van der Waals surface area contributed by atoms with Crippen molar-refractivity contribution in [2.45, 2.75) is 143 Å². The molecule has 3 N–H and O–H groups in total. The number of unbranched alkanes of at least 4 members (excludes halogenated alkanes) is 3. The van der Waals surface area contributed by atoms with Crippen LogP contribution in [0.2, 0.25) is 0 Å². The molecule has 3 saturated carbocycles. The molecule has 0 aromatic carbocycles. The summed E-state index contributed by atoms with van der Waals surface area (Å²) in [4.78, 5) is 11.3. The highest BCUT2D eigenvalue weighted by atomic mass is 16.7. The van der Waals surface area contributed by atoms with Gasteiger partial charge in [0.1, 0.15) is 0 Å². The number of hydrogen-bond donors (Lipinski definition) is 3. The monoisotopic (exact) mass is 545 g/mol. The fourth-order valence-electron chi connectivity index (χ4n) is 10.00. The normalized spacial score (nSPS) is 38.1. The van der Waals surface area contributed by atoms with Crippen LogP contribution in [0.1, 0.15) is 131 Å². The molecule has 10 atom stereocenters. The van der Waals surface area contributed by atoms with Crippen molar-refractivity contribution < 1.29 is 19.7 Å². The molecule has 5 heteroatoms. The van der Waals surface area contributed by atoms with Gasteiger partial charge in [-0.2, -0.15) is 0 Å². The Balaban J connectivity index is 1.30. The Morgan fingerprint density at radius 2 is 1.85 bits per heavy atom. The fraction of sp³-hybridized carbons (Fsp3) is 0.912. The van der Waals surface area contributed by atoms with Gasteiger partial charge in [-0.05, 0) is 111 Å². The minimum absolute atomic E-state index is 0.123. The van der Waals surface area contributed by atoms with Crippen molar-refractivity contribution in [3.63, 3.8) is 0 Å². The summed E-state index contributed by atoms with van der Waals surface area (Å²) in [6.07, 6.45) is 18.7. The van der Waals surface area contributed by atoms with Gasteiger partial charge in [-0.3, -0.25) is 5.32 Å². The second kappa shape index (κ2) is 13.3. The summed E-state index contributed by atoms with van der Waals surface area (Å²) >= 11 is 0. The lowest BCUT2D eigenvalue weighted by atomic mass is 9.47. The Hall–Kier alpha value is -1.07. The standard InChI is InChI=1S/C34H59NO4/c1-6-7-8-9-21-35-31(39-32(37)38)24(3)12-10-11-23(2)28-15-16-29-27-14-13-25-22-26(36)17-19-33(25,4)30(27)18-20-34(28,29)5/h13,23-24,26-31,35-36H,6-12,14-22H2,1-5H3,(H,37,38)/t23-,24?,26+,27+,28-,29+,30+,31?,33+,34-/m1/s1. The molecule has 2 unspecified atom stereocenters. The maximum atomic E-state index is 11.3. The summed E-state index contributed by atoms with van der Waals surface area (Å²) in [5, 5.41) is 23.0. The first kappa shape index (κ1) is 30.9. The molecule has 0 aromatic heterocycles. The lowest BCUT2D eigenvalue weighted by molar-refractivity contribution is -0.0574. The quantitative estimate of drug-likeness (QED) is 0.0935. The predicted octanol–water partition coefficient (Wildman–Crippen LogP) is 8.56. The first-order chi connectivity index (χ1) is 18.6. The van der Waals surface area contributed by atoms with Gasteiger partial charge in [-0.25, -0.2) is 4.79 Å². The Labute approximate surface area is 238 Å². The predicted molar refractivity (Wildman–Crippen MR) is 158 cm³/mol. The van der Waals surface area contributed by atoms with Crippen LogP contribution in [0, 0.1) is 46.3 Å². The highest BCUT2D eigenvalue weighted by Gasteiger charge is 2.59. The number of carboxylic acid groups (broad SMARTS) is 1. The Kier molecular flexibility index (Phi) is 10.5. The number of fused-ring (bicyclic) bond motifs is 5. The van der Waals surface area contributed by atoms with Gasteiger partial charge in [0.2, 0.25) is 0 Å². The number of hydrogen-bond acceptors (Lipinski definition) is 4. The van der Waals surface area contributed by atoms with Gasteiger partial charge in [-0.15, -0.1) is 0 Å². The van der Waals surface area contributed by atoms with Crippen LogP contribution >= 0.6 is 0 Å². The van der Waals surface area contributed by atoms with Crippen molar-refractivity contribution in [2.75, 3.05) is 6.54 Å². The van der Waals surface area contributed by atoms with Crippen LogP contribution in [0.3, 0.4) is 0 Å². The van der Waals surface area contributed by atoms with E-state index in [-0.39, 0.29) is 12.0 Å². The Morgan fingerprint density at radius 3 is 2.59 bits per heavy atom. The van der Waals surface area contributed by atoms with Crippen LogP contribution < -0.4 is 5.32 Å². The minimum Gasteiger partial charge on any atom is -0.450 e. The lowest BCUT2D eigenvalue weighted by Gasteiger charge is -2.58. The van der Waals surface area contributed by atoms with Gasteiger partial charge in [-0.1, -0.05) is 78.4 Å². The number of allylic oxidation sites excluding steroid dienone is 1. The third kappa shape index (κ3) is 6.71. The number of aliphatic hydroxyl groups excluding tert-OH is 1. The second-order valence-corrected chi connectivity index (χ2v) is 14.6. The molecule has 0 radical (unpaired) electrons. The maximum absolute atomic E-state index is 11.3. The van der Waals surface area contributed by atoms with Crippen molar-refractivity contribution in [1.82, 2.24) is 5.32 Å². The molecule has 39 heavy (non-hydrogen) atoms. The van der Waals surface area contributed by atoms with Crippen LogP contribution in [0.5, 0.6) is 0 Å². The SMILES string of the molecule is CCCCCCNC(OC(=O)O)C(C)CCC[C@@H](C)[C@H]1CC[C@H]2[C@@H]3CC=C4C[C@@H](O)CC[C@]4(C)[C@H]3CC[C@]12C. The van der Waals surface area contributed by atoms with Crippen LogP contribution in [-0.2, 0) is 4.74 Å². The fourth-order valence-corrected chi connectivity index (χ4v) is 10.00. The molecule has 5 nitrogen and oxygen atoms in total. The third-order valence-corrected chi connectivity index (χ3v) is 12.3. The summed E-state index contributed by atoms with van der Waals surface area (Å²) < 4.78 is 5.25. The van der Waals surface area contributed by atoms with Gasteiger partial charge in [0.05, 0.1) is 6.10 Å². The van der Waals surface area contributed by atoms with E-state index in [9.17, 15) is 15.0 Å². The smallest absolute Gasteiger partial charge is 0.450 e. The van der Waals surface area contributed by atoms with E-state index in [0.29, 0.717) is 16.7 Å². The van der Waals surface area contributed by atoms with E-state index >= 15 is 0 Å². The van der Waals surface area contributed by atoms with Gasteiger partial charge in [0.25, 0.3) is 0 Å². The molecule has 0 aromatic rings. The number of ether oxygens (including phenoxy) is 1. The summed E-state index contributed by atoms with van der Waals surface area (Å²) in [5.74, 6) is 4.16. The Bertz CT molecular complexity index is 843. The van der Waals surface area contributed by atoms with E-state index < -0.39 is 12.4 Å². The van der Waals surface area contributed by atoms with Crippen LogP contribution in [0.25, 0.3) is 0 Å². The summed E-state index contributed by atoms with van der Waals surface area (Å²) in [6, 6.07) is 0. The van der Waals surface area contributed by atoms with Gasteiger partial charge in [0.15, 0.2) is 6.23 Å². The molecule has 224 valence electrons. The summed E-state index contributed by atoms with van der Waals surface area (Å²) in [5.41, 5.74) is 2.35. The average molecular weight is 546 g/mol. The number of aliphatic hydroxyl groups is 1. The van der Waals surface area contributed by atoms with Gasteiger partial charge in [0, 0.05) is 5.92 Å². The lowest BCUT2D eigenvalue weighted by Crippen LogP contribution is -2.50. The van der Waals surface area contributed by atoms with Crippen molar-refractivity contribution in [3.8, 4) is 0 Å². The average Bonchev–Trinajstić information content (AvgIpc) is 3.25. The van der Waals surface area contributed by atoms with Crippen LogP contribution in [-0.4, -0.2) is 35.2 Å². The van der Waals surface area contributed by atoms with E-state index in [1.807, 2.05) is 0 Å². The highest BCUT2D eigenvalue weighted by molar-refractivity contribution is 5.57. The molecular formula is C34H59NO4. The molecule has 3 fully saturated rings. The zero-order chi connectivity index (χ0) is 28.2. The number of rotatable bonds is 13. The van der Waals surface area contributed by atoms with Crippen molar-refractivity contribution in [3.05, 3.63) is 11.6 Å². The molecule has 0 amide bonds. The second-order valence-electron chi connectivity index (χ2n) is 14.6. The zero-order valence-electron chi connectivity index (χ0n) is 25.7. The Morgan fingerprint density at radius 1 is 1.05 bits per heavy atom. The molecule has 0 spiro atoms. The van der Waals surface area contributed by atoms with Crippen molar-refractivity contribution in [2.24, 2.45) is 46.3 Å². The molecule has 0 saturated heterocycles. The van der Waals surface area contributed by atoms with Crippen LogP contribution in [0.15, 0.2) is 11.6 Å². The van der Waals surface area contributed by atoms with E-state index in [2.05, 4.69) is 46.0 Å². The molecule has 0 heterocycles. The van der Waals surface area contributed by atoms with Gasteiger partial charge < -0.3 is 14.9 Å². The largest absolute Gasteiger partial charge is 0.507 e. The van der Waals surface area contributed by atoms with Gasteiger partial charge >= 0.3 is 6.16 Å². The molecule has 0 bridgehead atoms. The highest BCUT2D eigenvalue weighted by Crippen LogP contribution is 2.67. The molecule has 0 aliphatic heterocycles. The summed E-state index contributed by atoms with van der Waals surface area (Å²) in [7, 11) is 0. The maximum Gasteiger partial charge on any atom is 0.507 e. The minimum atomic E-state index is -1.18. The molecule has 4 rings (SSSR count). The topological polar surface area (TPSA) is 78.8 Å². The molecular weight excluding hydrogens is 486 g/mol. The first-order valence-corrected chi connectivity index (χ1v) is 16.6. The summed E-state index contributed by atoms with van der Waals surface area (Å²) in [6.45, 7) is 12.8. The van der Waals surface area contributed by atoms with Crippen molar-refractivity contribution >= 4 is 6.16 Å². The van der Waals surface area contributed by atoms with E-state index in [0.717, 1.165) is 62.3 Å². The first-order valence-electron chi connectivity index (χ1n) is 16.6. The van der Waals surface area contributed by atoms with Crippen LogP contribution in [0.4, 0.5) is 4.79 Å². The zero-order valence-corrected chi connectivity index (χ0v) is 25.7. The van der Waals surface area contributed by atoms with E-state index in [1.165, 1.54) is 64.2 Å². The number of nitrogens with one attached hydrogen (secondary N) is 1. The number of carbonyl (C=O) groups is 1. The molecule has 4 aliphatic carbocycles. The van der Waals surface area contributed by atoms with E-state index in [1.54, 1.807) is 5.57 Å². The molecule has 4 aliphatic rings. The third-order valence-electron chi connectivity index (χ3n) is 12.3. The van der Waals surface area contributed by atoms with E-state index in [4.69, 9.17) is 4.74 Å².